The molecular weight excluding hydrogens is 244 g/mol. The van der Waals surface area contributed by atoms with Crippen molar-refractivity contribution in [1.82, 2.24) is 4.98 Å². The van der Waals surface area contributed by atoms with E-state index in [1.165, 1.54) is 19.2 Å². The third kappa shape index (κ3) is 3.77. The molecule has 3 N–H and O–H groups in total. The van der Waals surface area contributed by atoms with Gasteiger partial charge in [0.2, 0.25) is 11.7 Å². The van der Waals surface area contributed by atoms with Crippen LogP contribution < -0.4 is 15.8 Å². The van der Waals surface area contributed by atoms with Crippen LogP contribution in [0.2, 0.25) is 0 Å². The minimum atomic E-state index is -0.912. The van der Waals surface area contributed by atoms with E-state index in [-0.39, 0.29) is 30.5 Å². The number of carbonyl (C=O) groups excluding carboxylic acids is 1. The molecule has 0 saturated heterocycles. The maximum Gasteiger partial charge on any atom is 0.404 e. The first kappa shape index (κ1) is 13.5. The predicted octanol–water partition coefficient (Wildman–Crippen LogP) is 0.506. The SMILES string of the molecule is COc1ccc([N+](=O)[O-])c(NCCOC(N)=O)n1. The highest BCUT2D eigenvalue weighted by molar-refractivity contribution is 5.64. The Labute approximate surface area is 102 Å². The van der Waals surface area contributed by atoms with Gasteiger partial charge in [-0.1, -0.05) is 0 Å². The standard InChI is InChI=1S/C9H12N4O5/c1-17-7-3-2-6(13(15)16)8(12-7)11-4-5-18-9(10)14/h2-3H,4-5H2,1H3,(H2,10,14)(H,11,12). The van der Waals surface area contributed by atoms with Gasteiger partial charge in [0, 0.05) is 12.1 Å². The number of primary amides is 1. The molecule has 0 atom stereocenters. The summed E-state index contributed by atoms with van der Waals surface area (Å²) in [6, 6.07) is 2.65. The van der Waals surface area contributed by atoms with Crippen LogP contribution in [0.4, 0.5) is 16.3 Å². The lowest BCUT2D eigenvalue weighted by atomic mass is 10.4. The highest BCUT2D eigenvalue weighted by atomic mass is 16.6. The largest absolute Gasteiger partial charge is 0.481 e. The number of hydrogen-bond donors (Lipinski definition) is 2. The zero-order valence-electron chi connectivity index (χ0n) is 9.58. The lowest BCUT2D eigenvalue weighted by Crippen LogP contribution is -2.19. The van der Waals surface area contributed by atoms with Crippen molar-refractivity contribution in [3.8, 4) is 5.88 Å². The van der Waals surface area contributed by atoms with Gasteiger partial charge in [0.1, 0.15) is 6.61 Å². The fourth-order valence-corrected chi connectivity index (χ4v) is 1.15. The van der Waals surface area contributed by atoms with Gasteiger partial charge in [0.05, 0.1) is 18.6 Å². The van der Waals surface area contributed by atoms with Gasteiger partial charge in [-0.05, 0) is 0 Å². The topological polar surface area (TPSA) is 130 Å². The average molecular weight is 256 g/mol. The summed E-state index contributed by atoms with van der Waals surface area (Å²) in [5, 5.41) is 13.4. The van der Waals surface area contributed by atoms with Gasteiger partial charge >= 0.3 is 11.8 Å². The van der Waals surface area contributed by atoms with Crippen molar-refractivity contribution in [3.63, 3.8) is 0 Å². The van der Waals surface area contributed by atoms with Crippen LogP contribution in [-0.2, 0) is 4.74 Å². The monoisotopic (exact) mass is 256 g/mol. The second-order valence-corrected chi connectivity index (χ2v) is 3.07. The molecule has 0 aliphatic heterocycles. The zero-order valence-corrected chi connectivity index (χ0v) is 9.58. The van der Waals surface area contributed by atoms with E-state index in [1.54, 1.807) is 0 Å². The van der Waals surface area contributed by atoms with Crippen LogP contribution in [0, 0.1) is 10.1 Å². The Hall–Kier alpha value is -2.58. The number of carbonyl (C=O) groups is 1. The minimum Gasteiger partial charge on any atom is -0.481 e. The van der Waals surface area contributed by atoms with E-state index in [4.69, 9.17) is 10.5 Å². The van der Waals surface area contributed by atoms with Gasteiger partial charge < -0.3 is 20.5 Å². The summed E-state index contributed by atoms with van der Waals surface area (Å²) in [5.74, 6) is 0.270. The van der Waals surface area contributed by atoms with Crippen molar-refractivity contribution in [1.29, 1.82) is 0 Å². The van der Waals surface area contributed by atoms with Gasteiger partial charge in [0.25, 0.3) is 0 Å². The third-order valence-corrected chi connectivity index (χ3v) is 1.89. The first-order valence-corrected chi connectivity index (χ1v) is 4.90. The summed E-state index contributed by atoms with van der Waals surface area (Å²) in [7, 11) is 1.40. The number of nitrogens with one attached hydrogen (secondary N) is 1. The summed E-state index contributed by atoms with van der Waals surface area (Å²) < 4.78 is 9.32. The van der Waals surface area contributed by atoms with Crippen molar-refractivity contribution in [2.24, 2.45) is 5.73 Å². The molecule has 1 heterocycles. The van der Waals surface area contributed by atoms with Crippen LogP contribution in [0.5, 0.6) is 5.88 Å². The minimum absolute atomic E-state index is 0.0224. The molecule has 1 aromatic heterocycles. The van der Waals surface area contributed by atoms with Gasteiger partial charge in [-0.3, -0.25) is 10.1 Å². The molecule has 18 heavy (non-hydrogen) atoms. The van der Waals surface area contributed by atoms with E-state index in [0.29, 0.717) is 0 Å². The Kier molecular flexibility index (Phi) is 4.67. The number of rotatable bonds is 6. The second kappa shape index (κ2) is 6.23. The van der Waals surface area contributed by atoms with Crippen LogP contribution in [0.25, 0.3) is 0 Å². The molecule has 9 heteroatoms. The molecule has 1 rings (SSSR count). The summed E-state index contributed by atoms with van der Waals surface area (Å²) in [4.78, 5) is 24.4. The maximum atomic E-state index is 10.7. The average Bonchev–Trinajstić information content (AvgIpc) is 2.33. The van der Waals surface area contributed by atoms with Crippen molar-refractivity contribution >= 4 is 17.6 Å². The summed E-state index contributed by atoms with van der Waals surface area (Å²) in [6.45, 7) is 0.120. The lowest BCUT2D eigenvalue weighted by molar-refractivity contribution is -0.384. The Morgan fingerprint density at radius 1 is 1.61 bits per heavy atom. The molecule has 0 unspecified atom stereocenters. The number of nitro groups is 1. The number of methoxy groups -OCH3 is 1. The summed E-state index contributed by atoms with van der Waals surface area (Å²) in [5.41, 5.74) is 4.56. The van der Waals surface area contributed by atoms with Gasteiger partial charge in [-0.25, -0.2) is 4.79 Å². The van der Waals surface area contributed by atoms with Crippen LogP contribution >= 0.6 is 0 Å². The maximum absolute atomic E-state index is 10.7. The van der Waals surface area contributed by atoms with Crippen molar-refractivity contribution in [3.05, 3.63) is 22.2 Å². The molecule has 98 valence electrons. The lowest BCUT2D eigenvalue weighted by Gasteiger charge is -2.07. The summed E-state index contributed by atoms with van der Waals surface area (Å²) >= 11 is 0. The number of anilines is 1. The second-order valence-electron chi connectivity index (χ2n) is 3.07. The number of amides is 1. The predicted molar refractivity (Wildman–Crippen MR) is 61.5 cm³/mol. The van der Waals surface area contributed by atoms with E-state index in [0.717, 1.165) is 0 Å². The molecule has 0 fully saturated rings. The van der Waals surface area contributed by atoms with Crippen molar-refractivity contribution in [2.45, 2.75) is 0 Å². The molecule has 0 spiro atoms. The van der Waals surface area contributed by atoms with Crippen LogP contribution in [0.15, 0.2) is 12.1 Å². The quantitative estimate of drug-likeness (QED) is 0.430. The molecule has 0 bridgehead atoms. The number of aromatic nitrogens is 1. The van der Waals surface area contributed by atoms with Gasteiger partial charge in [-0.15, -0.1) is 0 Å². The number of pyridine rings is 1. The van der Waals surface area contributed by atoms with E-state index in [1.807, 2.05) is 0 Å². The van der Waals surface area contributed by atoms with Gasteiger partial charge in [-0.2, -0.15) is 4.98 Å². The Balaban J connectivity index is 2.71. The number of ether oxygens (including phenoxy) is 2. The summed E-state index contributed by atoms with van der Waals surface area (Å²) in [6.07, 6.45) is -0.912. The molecular formula is C9H12N4O5. The Morgan fingerprint density at radius 3 is 2.89 bits per heavy atom. The Bertz CT molecular complexity index is 451. The van der Waals surface area contributed by atoms with Crippen LogP contribution in [0.3, 0.4) is 0 Å². The van der Waals surface area contributed by atoms with Crippen molar-refractivity contribution in [2.75, 3.05) is 25.6 Å². The van der Waals surface area contributed by atoms with Crippen LogP contribution in [-0.4, -0.2) is 36.3 Å². The smallest absolute Gasteiger partial charge is 0.404 e. The number of hydrogen-bond acceptors (Lipinski definition) is 7. The molecule has 0 radical (unpaired) electrons. The first-order valence-electron chi connectivity index (χ1n) is 4.90. The fraction of sp³-hybridized carbons (Fsp3) is 0.333. The molecule has 1 aromatic rings. The third-order valence-electron chi connectivity index (χ3n) is 1.89. The number of nitrogens with zero attached hydrogens (tertiary/aromatic N) is 2. The molecule has 0 saturated carbocycles. The highest BCUT2D eigenvalue weighted by Gasteiger charge is 2.15. The van der Waals surface area contributed by atoms with E-state index < -0.39 is 11.0 Å². The first-order chi connectivity index (χ1) is 8.54. The Morgan fingerprint density at radius 2 is 2.33 bits per heavy atom. The molecule has 9 nitrogen and oxygen atoms in total. The molecule has 0 aromatic carbocycles. The molecule has 0 aliphatic carbocycles. The van der Waals surface area contributed by atoms with E-state index in [2.05, 4.69) is 15.0 Å². The fourth-order valence-electron chi connectivity index (χ4n) is 1.15. The normalized spacial score (nSPS) is 9.61. The molecule has 1 amide bonds. The zero-order chi connectivity index (χ0) is 13.5. The number of nitrogens with two attached hydrogens (primary N) is 1. The van der Waals surface area contributed by atoms with E-state index >= 15 is 0 Å². The van der Waals surface area contributed by atoms with E-state index in [9.17, 15) is 14.9 Å². The van der Waals surface area contributed by atoms with Crippen LogP contribution in [0.1, 0.15) is 0 Å². The van der Waals surface area contributed by atoms with Crippen molar-refractivity contribution < 1.29 is 19.2 Å². The van der Waals surface area contributed by atoms with Gasteiger partial charge in [0.15, 0.2) is 0 Å². The highest BCUT2D eigenvalue weighted by Crippen LogP contribution is 2.24. The molecule has 0 aliphatic rings.